The molecule has 1 fully saturated rings. The van der Waals surface area contributed by atoms with Crippen LogP contribution in [0.2, 0.25) is 0 Å². The van der Waals surface area contributed by atoms with Gasteiger partial charge in [-0.15, -0.1) is 10.2 Å². The van der Waals surface area contributed by atoms with Crippen molar-refractivity contribution in [3.05, 3.63) is 29.8 Å². The van der Waals surface area contributed by atoms with Crippen molar-refractivity contribution in [1.29, 1.82) is 0 Å². The molecule has 1 aliphatic rings. The minimum Gasteiger partial charge on any atom is -0.357 e. The van der Waals surface area contributed by atoms with E-state index in [-0.39, 0.29) is 11.9 Å². The van der Waals surface area contributed by atoms with Crippen LogP contribution in [0.4, 0.5) is 0 Å². The van der Waals surface area contributed by atoms with Crippen LogP contribution in [-0.4, -0.2) is 42.5 Å². The van der Waals surface area contributed by atoms with Crippen LogP contribution in [0.1, 0.15) is 42.0 Å². The fourth-order valence-electron chi connectivity index (χ4n) is 2.60. The fourth-order valence-corrected chi connectivity index (χ4v) is 2.60. The number of carbonyl (C=O) groups is 1. The average molecular weight is 260 g/mol. The zero-order valence-corrected chi connectivity index (χ0v) is 10.5. The molecule has 1 saturated carbocycles. The maximum atomic E-state index is 12.5. The molecule has 2 aromatic heterocycles. The van der Waals surface area contributed by atoms with Crippen LogP contribution in [0.15, 0.2) is 18.3 Å². The van der Waals surface area contributed by atoms with Gasteiger partial charge in [-0.05, 0) is 25.0 Å². The molecule has 0 aliphatic heterocycles. The molecule has 7 heteroatoms. The number of nitrogens with zero attached hydrogens (tertiary/aromatic N) is 4. The minimum absolute atomic E-state index is 0.00157. The van der Waals surface area contributed by atoms with Crippen molar-refractivity contribution >= 4 is 5.91 Å². The van der Waals surface area contributed by atoms with E-state index < -0.39 is 0 Å². The normalized spacial score (nSPS) is 15.8. The van der Waals surface area contributed by atoms with E-state index in [1.807, 2.05) is 11.0 Å². The second-order valence-corrected chi connectivity index (χ2v) is 4.78. The zero-order chi connectivity index (χ0) is 13.1. The Kier molecular flexibility index (Phi) is 3.26. The number of hydrogen-bond acceptors (Lipinski definition) is 4. The third-order valence-electron chi connectivity index (χ3n) is 3.56. The van der Waals surface area contributed by atoms with Crippen LogP contribution in [0.3, 0.4) is 0 Å². The first kappa shape index (κ1) is 11.9. The number of H-pyrrole nitrogens is 2. The van der Waals surface area contributed by atoms with Gasteiger partial charge in [-0.1, -0.05) is 18.1 Å². The van der Waals surface area contributed by atoms with Gasteiger partial charge in [0.25, 0.3) is 5.91 Å². The first-order valence-corrected chi connectivity index (χ1v) is 6.51. The quantitative estimate of drug-likeness (QED) is 0.861. The van der Waals surface area contributed by atoms with Crippen LogP contribution in [0.25, 0.3) is 0 Å². The number of aromatic nitrogens is 5. The van der Waals surface area contributed by atoms with E-state index in [2.05, 4.69) is 25.6 Å². The number of rotatable bonds is 4. The Morgan fingerprint density at radius 2 is 2.26 bits per heavy atom. The number of aromatic amines is 2. The number of amides is 1. The summed E-state index contributed by atoms with van der Waals surface area (Å²) < 4.78 is 0. The van der Waals surface area contributed by atoms with Gasteiger partial charge < -0.3 is 9.88 Å². The lowest BCUT2D eigenvalue weighted by atomic mass is 10.2. The van der Waals surface area contributed by atoms with Crippen molar-refractivity contribution in [2.45, 2.75) is 38.3 Å². The maximum absolute atomic E-state index is 12.5. The summed E-state index contributed by atoms with van der Waals surface area (Å²) in [7, 11) is 0. The van der Waals surface area contributed by atoms with Crippen LogP contribution in [-0.2, 0) is 6.54 Å². The molecule has 1 amide bonds. The number of hydrogen-bond donors (Lipinski definition) is 2. The molecule has 0 aromatic carbocycles. The van der Waals surface area contributed by atoms with E-state index >= 15 is 0 Å². The SMILES string of the molecule is O=C(c1ccc[nH]1)N(Cc1nn[nH]n1)C1CCCC1. The number of nitrogens with one attached hydrogen (secondary N) is 2. The van der Waals surface area contributed by atoms with E-state index in [1.165, 1.54) is 12.8 Å². The number of tetrazole rings is 1. The molecule has 2 N–H and O–H groups in total. The number of carbonyl (C=O) groups excluding carboxylic acids is 1. The second kappa shape index (κ2) is 5.21. The molecule has 1 aliphatic carbocycles. The van der Waals surface area contributed by atoms with E-state index in [0.29, 0.717) is 18.1 Å². The third kappa shape index (κ3) is 2.49. The van der Waals surface area contributed by atoms with Gasteiger partial charge in [0.15, 0.2) is 5.82 Å². The van der Waals surface area contributed by atoms with E-state index in [9.17, 15) is 4.79 Å². The Morgan fingerprint density at radius 1 is 1.42 bits per heavy atom. The molecule has 100 valence electrons. The monoisotopic (exact) mass is 260 g/mol. The lowest BCUT2D eigenvalue weighted by molar-refractivity contribution is 0.0653. The van der Waals surface area contributed by atoms with Crippen LogP contribution in [0.5, 0.6) is 0 Å². The molecule has 2 aromatic rings. The van der Waals surface area contributed by atoms with Crippen molar-refractivity contribution in [1.82, 2.24) is 30.5 Å². The molecular weight excluding hydrogens is 244 g/mol. The Balaban J connectivity index is 1.81. The summed E-state index contributed by atoms with van der Waals surface area (Å²) in [5.41, 5.74) is 0.607. The summed E-state index contributed by atoms with van der Waals surface area (Å²) in [6.45, 7) is 0.402. The Morgan fingerprint density at radius 3 is 2.89 bits per heavy atom. The predicted octanol–water partition coefficient (Wildman–Crippen LogP) is 1.11. The zero-order valence-electron chi connectivity index (χ0n) is 10.5. The summed E-state index contributed by atoms with van der Waals surface area (Å²) in [4.78, 5) is 17.3. The maximum Gasteiger partial charge on any atom is 0.270 e. The molecule has 0 atom stereocenters. The third-order valence-corrected chi connectivity index (χ3v) is 3.56. The van der Waals surface area contributed by atoms with Gasteiger partial charge in [0, 0.05) is 12.2 Å². The van der Waals surface area contributed by atoms with Crippen LogP contribution >= 0.6 is 0 Å². The van der Waals surface area contributed by atoms with Crippen LogP contribution in [0, 0.1) is 0 Å². The lowest BCUT2D eigenvalue weighted by Crippen LogP contribution is -2.38. The lowest BCUT2D eigenvalue weighted by Gasteiger charge is -2.27. The largest absolute Gasteiger partial charge is 0.357 e. The van der Waals surface area contributed by atoms with E-state index in [4.69, 9.17) is 0 Å². The van der Waals surface area contributed by atoms with Gasteiger partial charge in [-0.2, -0.15) is 5.21 Å². The first-order valence-electron chi connectivity index (χ1n) is 6.51. The summed E-state index contributed by atoms with van der Waals surface area (Å²) in [6, 6.07) is 3.89. The molecule has 0 bridgehead atoms. The van der Waals surface area contributed by atoms with Gasteiger partial charge in [0.2, 0.25) is 0 Å². The van der Waals surface area contributed by atoms with Gasteiger partial charge in [0.1, 0.15) is 5.69 Å². The van der Waals surface area contributed by atoms with E-state index in [0.717, 1.165) is 12.8 Å². The van der Waals surface area contributed by atoms with Crippen LogP contribution < -0.4 is 0 Å². The Labute approximate surface area is 110 Å². The van der Waals surface area contributed by atoms with Gasteiger partial charge >= 0.3 is 0 Å². The van der Waals surface area contributed by atoms with Gasteiger partial charge in [0.05, 0.1) is 6.54 Å². The summed E-state index contributed by atoms with van der Waals surface area (Å²) in [5, 5.41) is 13.8. The standard InChI is InChI=1S/C12H16N6O/c19-12(10-6-3-7-13-10)18(9-4-1-2-5-9)8-11-14-16-17-15-11/h3,6-7,9,13H,1-2,4-5,8H2,(H,14,15,16,17). The average Bonchev–Trinajstić information content (AvgIpc) is 3.15. The smallest absolute Gasteiger partial charge is 0.270 e. The fraction of sp³-hybridized carbons (Fsp3) is 0.500. The second-order valence-electron chi connectivity index (χ2n) is 4.78. The summed E-state index contributed by atoms with van der Waals surface area (Å²) in [6.07, 6.45) is 6.19. The van der Waals surface area contributed by atoms with Gasteiger partial charge in [-0.25, -0.2) is 0 Å². The predicted molar refractivity (Wildman–Crippen MR) is 67.1 cm³/mol. The van der Waals surface area contributed by atoms with Crippen molar-refractivity contribution in [2.75, 3.05) is 0 Å². The highest BCUT2D eigenvalue weighted by atomic mass is 16.2. The van der Waals surface area contributed by atoms with Crippen molar-refractivity contribution < 1.29 is 4.79 Å². The molecule has 3 rings (SSSR count). The first-order chi connectivity index (χ1) is 9.34. The molecule has 2 heterocycles. The van der Waals surface area contributed by atoms with Crippen molar-refractivity contribution in [2.24, 2.45) is 0 Å². The van der Waals surface area contributed by atoms with Gasteiger partial charge in [-0.3, -0.25) is 4.79 Å². The van der Waals surface area contributed by atoms with Crippen molar-refractivity contribution in [3.8, 4) is 0 Å². The summed E-state index contributed by atoms with van der Waals surface area (Å²) in [5.74, 6) is 0.550. The highest BCUT2D eigenvalue weighted by Crippen LogP contribution is 2.25. The topological polar surface area (TPSA) is 90.6 Å². The molecule has 0 saturated heterocycles. The van der Waals surface area contributed by atoms with E-state index in [1.54, 1.807) is 12.3 Å². The van der Waals surface area contributed by atoms with Crippen molar-refractivity contribution in [3.63, 3.8) is 0 Å². The molecule has 19 heavy (non-hydrogen) atoms. The molecule has 0 radical (unpaired) electrons. The molecule has 0 unspecified atom stereocenters. The highest BCUT2D eigenvalue weighted by Gasteiger charge is 2.28. The Bertz CT molecular complexity index is 514. The Hall–Kier alpha value is -2.18. The minimum atomic E-state index is 0.00157. The highest BCUT2D eigenvalue weighted by molar-refractivity contribution is 5.92. The molecule has 0 spiro atoms. The molecule has 7 nitrogen and oxygen atoms in total. The summed E-state index contributed by atoms with van der Waals surface area (Å²) >= 11 is 0. The molecular formula is C12H16N6O.